The fraction of sp³-hybridized carbons (Fsp3) is 0.296. The van der Waals surface area contributed by atoms with Crippen molar-refractivity contribution in [2.75, 3.05) is 31.6 Å². The zero-order valence-electron chi connectivity index (χ0n) is 20.8. The van der Waals surface area contributed by atoms with E-state index in [4.69, 9.17) is 4.74 Å². The Balaban J connectivity index is 1.51. The summed E-state index contributed by atoms with van der Waals surface area (Å²) in [6, 6.07) is 9.67. The first-order valence-electron chi connectivity index (χ1n) is 12.0. The summed E-state index contributed by atoms with van der Waals surface area (Å²) < 4.78 is 61.9. The van der Waals surface area contributed by atoms with Crippen molar-refractivity contribution in [3.05, 3.63) is 71.7 Å². The number of benzene rings is 2. The predicted octanol–water partition coefficient (Wildman–Crippen LogP) is 4.58. The third-order valence-electron chi connectivity index (χ3n) is 6.19. The first-order valence-corrected chi connectivity index (χ1v) is 12.0. The second-order valence-corrected chi connectivity index (χ2v) is 8.89. The maximum atomic E-state index is 13.6. The lowest BCUT2D eigenvalue weighted by Crippen LogP contribution is -2.47. The number of ketones is 1. The number of nitrogens with zero attached hydrogens (tertiary/aromatic N) is 2. The van der Waals surface area contributed by atoms with Crippen molar-refractivity contribution in [2.24, 2.45) is 0 Å². The van der Waals surface area contributed by atoms with E-state index in [1.54, 1.807) is 19.1 Å². The molecule has 206 valence electrons. The zero-order valence-corrected chi connectivity index (χ0v) is 20.8. The number of pyridine rings is 1. The fourth-order valence-corrected chi connectivity index (χ4v) is 4.04. The Morgan fingerprint density at radius 1 is 1.13 bits per heavy atom. The van der Waals surface area contributed by atoms with Crippen molar-refractivity contribution in [1.29, 1.82) is 0 Å². The first kappa shape index (κ1) is 28.0. The smallest absolute Gasteiger partial charge is 0.505 e. The summed E-state index contributed by atoms with van der Waals surface area (Å²) in [4.78, 5) is 31.9. The summed E-state index contributed by atoms with van der Waals surface area (Å²) in [6.07, 6.45) is -3.71. The van der Waals surface area contributed by atoms with Crippen molar-refractivity contribution in [2.45, 2.75) is 25.7 Å². The Kier molecular flexibility index (Phi) is 8.46. The lowest BCUT2D eigenvalue weighted by molar-refractivity contribution is -0.274. The van der Waals surface area contributed by atoms with Crippen LogP contribution >= 0.6 is 0 Å². The third kappa shape index (κ3) is 7.30. The van der Waals surface area contributed by atoms with Crippen LogP contribution in [0.5, 0.6) is 11.5 Å². The molecule has 12 heteroatoms. The minimum absolute atomic E-state index is 0.0588. The number of rotatable bonds is 8. The molecule has 0 aliphatic carbocycles. The highest BCUT2D eigenvalue weighted by Crippen LogP contribution is 2.32. The first-order chi connectivity index (χ1) is 18.5. The van der Waals surface area contributed by atoms with Gasteiger partial charge in [-0.2, -0.15) is 0 Å². The molecule has 8 nitrogen and oxygen atoms in total. The standard InChI is InChI=1S/C27H25F4N3O5/c1-16(34-8-10-38-11-9-34)26(37)33-22-14-19(4-7-25(22)39-27(29,30)31)24(36)12-17-2-5-21(32-15-17)18-3-6-23(35)20(28)13-18/h2-7,13-16,35H,8-12H2,1H3,(H,33,37). The molecule has 1 saturated heterocycles. The lowest BCUT2D eigenvalue weighted by atomic mass is 10.0. The minimum Gasteiger partial charge on any atom is -0.505 e. The molecule has 0 radical (unpaired) electrons. The highest BCUT2D eigenvalue weighted by atomic mass is 19.4. The number of anilines is 1. The quantitative estimate of drug-likeness (QED) is 0.315. The van der Waals surface area contributed by atoms with Gasteiger partial charge in [-0.3, -0.25) is 19.5 Å². The van der Waals surface area contributed by atoms with Crippen molar-refractivity contribution in [1.82, 2.24) is 9.88 Å². The van der Waals surface area contributed by atoms with Gasteiger partial charge in [0.25, 0.3) is 0 Å². The summed E-state index contributed by atoms with van der Waals surface area (Å²) in [5, 5.41) is 11.8. The largest absolute Gasteiger partial charge is 0.573 e. The Hall–Kier alpha value is -4.03. The molecular weight excluding hydrogens is 522 g/mol. The number of hydrogen-bond acceptors (Lipinski definition) is 7. The van der Waals surface area contributed by atoms with Crippen LogP contribution in [0.2, 0.25) is 0 Å². The summed E-state index contributed by atoms with van der Waals surface area (Å²) in [6.45, 7) is 3.49. The van der Waals surface area contributed by atoms with Crippen molar-refractivity contribution >= 4 is 17.4 Å². The highest BCUT2D eigenvalue weighted by Gasteiger charge is 2.33. The number of morpholine rings is 1. The molecule has 1 fully saturated rings. The molecule has 0 saturated carbocycles. The molecule has 0 spiro atoms. The molecule has 2 N–H and O–H groups in total. The zero-order chi connectivity index (χ0) is 28.2. The Bertz CT molecular complexity index is 1340. The van der Waals surface area contributed by atoms with E-state index in [1.807, 2.05) is 4.90 Å². The predicted molar refractivity (Wildman–Crippen MR) is 133 cm³/mol. The summed E-state index contributed by atoms with van der Waals surface area (Å²) in [5.74, 6) is -2.92. The van der Waals surface area contributed by atoms with E-state index < -0.39 is 41.4 Å². The molecule has 1 aromatic heterocycles. The van der Waals surface area contributed by atoms with Crippen LogP contribution in [0.15, 0.2) is 54.7 Å². The van der Waals surface area contributed by atoms with Gasteiger partial charge in [-0.05, 0) is 55.0 Å². The number of alkyl halides is 3. The van der Waals surface area contributed by atoms with Crippen molar-refractivity contribution in [3.63, 3.8) is 0 Å². The number of amides is 1. The molecule has 1 unspecified atom stereocenters. The Morgan fingerprint density at radius 2 is 1.87 bits per heavy atom. The third-order valence-corrected chi connectivity index (χ3v) is 6.19. The van der Waals surface area contributed by atoms with Crippen LogP contribution < -0.4 is 10.1 Å². The van der Waals surface area contributed by atoms with E-state index in [-0.39, 0.29) is 17.7 Å². The van der Waals surface area contributed by atoms with Gasteiger partial charge < -0.3 is 19.9 Å². The van der Waals surface area contributed by atoms with Crippen LogP contribution in [0.25, 0.3) is 11.3 Å². The van der Waals surface area contributed by atoms with Crippen LogP contribution in [0.4, 0.5) is 23.2 Å². The summed E-state index contributed by atoms with van der Waals surface area (Å²) in [5.41, 5.74) is 1.12. The molecule has 1 aliphatic rings. The number of Topliss-reactive ketones (excluding diaryl/α,β-unsaturated/α-hetero) is 1. The number of aromatic hydroxyl groups is 1. The number of phenols is 1. The van der Waals surface area contributed by atoms with Gasteiger partial charge in [0.05, 0.1) is 30.6 Å². The van der Waals surface area contributed by atoms with Gasteiger partial charge in [0.2, 0.25) is 5.91 Å². The highest BCUT2D eigenvalue weighted by molar-refractivity contribution is 6.01. The summed E-state index contributed by atoms with van der Waals surface area (Å²) in [7, 11) is 0. The van der Waals surface area contributed by atoms with Gasteiger partial charge in [-0.1, -0.05) is 6.07 Å². The number of halogens is 4. The van der Waals surface area contributed by atoms with E-state index in [0.717, 1.165) is 18.2 Å². The second-order valence-electron chi connectivity index (χ2n) is 8.89. The number of nitrogens with one attached hydrogen (secondary N) is 1. The second kappa shape index (κ2) is 11.8. The van der Waals surface area contributed by atoms with Gasteiger partial charge in [0, 0.05) is 36.8 Å². The molecule has 1 amide bonds. The number of phenolic OH excluding ortho intramolecular Hbond substituents is 1. The number of carbonyl (C=O) groups excluding carboxylic acids is 2. The minimum atomic E-state index is -5.01. The van der Waals surface area contributed by atoms with E-state index >= 15 is 0 Å². The van der Waals surface area contributed by atoms with E-state index in [1.165, 1.54) is 24.4 Å². The van der Waals surface area contributed by atoms with Crippen molar-refractivity contribution < 1.29 is 41.7 Å². The molecule has 3 aromatic rings. The van der Waals surface area contributed by atoms with Gasteiger partial charge in [-0.15, -0.1) is 13.2 Å². The van der Waals surface area contributed by atoms with E-state index in [9.17, 15) is 32.3 Å². The SMILES string of the molecule is CC(C(=O)Nc1cc(C(=O)Cc2ccc(-c3ccc(O)c(F)c3)nc2)ccc1OC(F)(F)F)N1CCOCC1. The van der Waals surface area contributed by atoms with Gasteiger partial charge >= 0.3 is 6.36 Å². The molecule has 0 bridgehead atoms. The fourth-order valence-electron chi connectivity index (χ4n) is 4.04. The number of hydrogen-bond donors (Lipinski definition) is 2. The molecule has 1 atom stereocenters. The monoisotopic (exact) mass is 547 g/mol. The van der Waals surface area contributed by atoms with Gasteiger partial charge in [0.1, 0.15) is 0 Å². The van der Waals surface area contributed by atoms with Crippen LogP contribution in [0.3, 0.4) is 0 Å². The Morgan fingerprint density at radius 3 is 2.51 bits per heavy atom. The molecule has 4 rings (SSSR count). The van der Waals surface area contributed by atoms with Gasteiger partial charge in [0.15, 0.2) is 23.1 Å². The topological polar surface area (TPSA) is 101 Å². The summed E-state index contributed by atoms with van der Waals surface area (Å²) >= 11 is 0. The number of ether oxygens (including phenoxy) is 2. The van der Waals surface area contributed by atoms with Crippen LogP contribution in [-0.4, -0.2) is 65.4 Å². The average Bonchev–Trinajstić information content (AvgIpc) is 2.91. The van der Waals surface area contributed by atoms with Crippen LogP contribution in [-0.2, 0) is 16.0 Å². The van der Waals surface area contributed by atoms with Crippen LogP contribution in [0.1, 0.15) is 22.8 Å². The van der Waals surface area contributed by atoms with Crippen LogP contribution in [0, 0.1) is 5.82 Å². The number of carbonyl (C=O) groups is 2. The normalized spacial score (nSPS) is 15.0. The maximum absolute atomic E-state index is 13.6. The Labute approximate surface area is 221 Å². The molecule has 39 heavy (non-hydrogen) atoms. The number of aromatic nitrogens is 1. The maximum Gasteiger partial charge on any atom is 0.573 e. The molecule has 1 aliphatic heterocycles. The molecular formula is C27H25F4N3O5. The van der Waals surface area contributed by atoms with Gasteiger partial charge in [-0.25, -0.2) is 4.39 Å². The lowest BCUT2D eigenvalue weighted by Gasteiger charge is -2.31. The van der Waals surface area contributed by atoms with Crippen molar-refractivity contribution in [3.8, 4) is 22.8 Å². The van der Waals surface area contributed by atoms with E-state index in [0.29, 0.717) is 43.1 Å². The molecule has 2 aromatic carbocycles. The molecule has 2 heterocycles. The average molecular weight is 548 g/mol. The van der Waals surface area contributed by atoms with E-state index in [2.05, 4.69) is 15.0 Å².